The average molecular weight is 582 g/mol. The van der Waals surface area contributed by atoms with E-state index in [9.17, 15) is 27.9 Å². The number of ether oxygens (including phenoxy) is 1. The van der Waals surface area contributed by atoms with Gasteiger partial charge in [0.2, 0.25) is 5.91 Å². The van der Waals surface area contributed by atoms with E-state index < -0.39 is 18.1 Å². The van der Waals surface area contributed by atoms with E-state index in [1.54, 1.807) is 25.3 Å². The second-order valence-electron chi connectivity index (χ2n) is 8.92. The van der Waals surface area contributed by atoms with Crippen molar-refractivity contribution in [1.29, 1.82) is 0 Å². The van der Waals surface area contributed by atoms with Crippen molar-refractivity contribution in [2.75, 3.05) is 51.7 Å². The van der Waals surface area contributed by atoms with Gasteiger partial charge in [-0.1, -0.05) is 25.1 Å². The van der Waals surface area contributed by atoms with Crippen molar-refractivity contribution in [3.05, 3.63) is 59.7 Å². The summed E-state index contributed by atoms with van der Waals surface area (Å²) in [5.41, 5.74) is 1.87. The normalized spacial score (nSPS) is 14.0. The van der Waals surface area contributed by atoms with Gasteiger partial charge in [0.15, 0.2) is 5.96 Å². The number of rotatable bonds is 9. The molecule has 0 radical (unpaired) electrons. The van der Waals surface area contributed by atoms with E-state index >= 15 is 0 Å². The molecule has 0 saturated carbocycles. The summed E-state index contributed by atoms with van der Waals surface area (Å²) in [6, 6.07) is 14.4. The average Bonchev–Trinajstić information content (AvgIpc) is 2.94. The molecule has 41 heavy (non-hydrogen) atoms. The molecule has 0 unspecified atom stereocenters. The Bertz CT molecular complexity index is 1200. The van der Waals surface area contributed by atoms with Gasteiger partial charge in [-0.15, -0.1) is 0 Å². The van der Waals surface area contributed by atoms with Crippen LogP contribution in [0.4, 0.5) is 18.9 Å². The van der Waals surface area contributed by atoms with Crippen LogP contribution in [0.1, 0.15) is 29.3 Å². The highest BCUT2D eigenvalue weighted by molar-refractivity contribution is 5.96. The van der Waals surface area contributed by atoms with E-state index in [2.05, 4.69) is 20.4 Å². The van der Waals surface area contributed by atoms with Crippen molar-refractivity contribution in [2.45, 2.75) is 26.1 Å². The number of carboxylic acid groups (broad SMARTS) is 2. The number of alkyl halides is 3. The minimum absolute atomic E-state index is 0.0471. The molecule has 4 N–H and O–H groups in total. The Kier molecular flexibility index (Phi) is 12.9. The number of amides is 1. The standard InChI is InChI=1S/C25H33N5O4.C2HF3O2/c1-3-10-26-23(31)18-29-11-13-30(14-12-29)25(27-17-19-6-4-9-22(15-19)34-2)28-21-8-5-7-20(16-21)24(32)33;3-2(4,5)1(6)7/h4-9,15-16H,3,10-14,17-18H2,1-2H3,(H,26,31)(H,27,28)(H,32,33);(H,6,7). The first-order valence-corrected chi connectivity index (χ1v) is 12.7. The number of anilines is 1. The summed E-state index contributed by atoms with van der Waals surface area (Å²) in [4.78, 5) is 41.4. The van der Waals surface area contributed by atoms with Crippen molar-refractivity contribution in [2.24, 2.45) is 4.99 Å². The molecule has 1 aliphatic heterocycles. The van der Waals surface area contributed by atoms with Gasteiger partial charge in [0, 0.05) is 38.4 Å². The zero-order valence-corrected chi connectivity index (χ0v) is 22.8. The summed E-state index contributed by atoms with van der Waals surface area (Å²) >= 11 is 0. The van der Waals surface area contributed by atoms with Crippen LogP contribution in [-0.4, -0.2) is 96.4 Å². The summed E-state index contributed by atoms with van der Waals surface area (Å²) in [6.45, 7) is 6.41. The Hall–Kier alpha value is -4.33. The van der Waals surface area contributed by atoms with Crippen LogP contribution in [-0.2, 0) is 16.1 Å². The van der Waals surface area contributed by atoms with Crippen LogP contribution < -0.4 is 15.4 Å². The van der Waals surface area contributed by atoms with Crippen molar-refractivity contribution in [1.82, 2.24) is 15.1 Å². The van der Waals surface area contributed by atoms with Crippen LogP contribution >= 0.6 is 0 Å². The number of guanidine groups is 1. The van der Waals surface area contributed by atoms with Gasteiger partial charge in [-0.3, -0.25) is 9.69 Å². The zero-order valence-electron chi connectivity index (χ0n) is 22.8. The van der Waals surface area contributed by atoms with E-state index in [0.29, 0.717) is 44.4 Å². The zero-order chi connectivity index (χ0) is 30.4. The molecular formula is C27H34F3N5O6. The Balaban J connectivity index is 0.000000745. The van der Waals surface area contributed by atoms with Crippen LogP contribution in [0.15, 0.2) is 53.5 Å². The number of nitrogens with zero attached hydrogens (tertiary/aromatic N) is 3. The molecule has 1 heterocycles. The summed E-state index contributed by atoms with van der Waals surface area (Å²) in [5, 5.41) is 22.7. The number of aromatic carboxylic acids is 1. The molecule has 1 amide bonds. The van der Waals surface area contributed by atoms with E-state index in [-0.39, 0.29) is 11.5 Å². The largest absolute Gasteiger partial charge is 0.497 e. The number of benzene rings is 2. The predicted octanol–water partition coefficient (Wildman–Crippen LogP) is 3.14. The fraction of sp³-hybridized carbons (Fsp3) is 0.407. The van der Waals surface area contributed by atoms with Gasteiger partial charge >= 0.3 is 18.1 Å². The number of halogens is 3. The van der Waals surface area contributed by atoms with Crippen LogP contribution in [0.2, 0.25) is 0 Å². The number of carbonyl (C=O) groups excluding carboxylic acids is 1. The number of aliphatic carboxylic acids is 1. The lowest BCUT2D eigenvalue weighted by molar-refractivity contribution is -0.192. The molecule has 1 saturated heterocycles. The molecule has 11 nitrogen and oxygen atoms in total. The molecule has 1 fully saturated rings. The SMILES string of the molecule is CCCNC(=O)CN1CCN(C(=NCc2cccc(OC)c2)Nc2cccc(C(=O)O)c2)CC1.O=C(O)C(F)(F)F. The van der Waals surface area contributed by atoms with Crippen LogP contribution in [0.3, 0.4) is 0 Å². The first-order chi connectivity index (χ1) is 19.4. The Morgan fingerprint density at radius 2 is 1.68 bits per heavy atom. The van der Waals surface area contributed by atoms with Crippen LogP contribution in [0.25, 0.3) is 0 Å². The molecule has 2 aromatic carbocycles. The van der Waals surface area contributed by atoms with Gasteiger partial charge in [0.05, 0.1) is 25.8 Å². The third kappa shape index (κ3) is 11.7. The lowest BCUT2D eigenvalue weighted by Crippen LogP contribution is -2.52. The summed E-state index contributed by atoms with van der Waals surface area (Å²) in [7, 11) is 1.63. The maximum absolute atomic E-state index is 12.1. The maximum Gasteiger partial charge on any atom is 0.490 e. The Morgan fingerprint density at radius 3 is 2.27 bits per heavy atom. The Labute approximate surface area is 235 Å². The third-order valence-corrected chi connectivity index (χ3v) is 5.76. The van der Waals surface area contributed by atoms with Crippen molar-refractivity contribution < 1.29 is 42.5 Å². The van der Waals surface area contributed by atoms with Crippen LogP contribution in [0.5, 0.6) is 5.75 Å². The van der Waals surface area contributed by atoms with Gasteiger partial charge in [-0.2, -0.15) is 13.2 Å². The highest BCUT2D eigenvalue weighted by Gasteiger charge is 2.38. The van der Waals surface area contributed by atoms with Gasteiger partial charge in [-0.05, 0) is 42.3 Å². The third-order valence-electron chi connectivity index (χ3n) is 5.76. The number of hydrogen-bond acceptors (Lipinski definition) is 6. The molecule has 0 spiro atoms. The van der Waals surface area contributed by atoms with Gasteiger partial charge in [0.25, 0.3) is 0 Å². The fourth-order valence-electron chi connectivity index (χ4n) is 3.66. The summed E-state index contributed by atoms with van der Waals surface area (Å²) in [5.74, 6) is -2.25. The molecule has 1 aliphatic rings. The molecule has 224 valence electrons. The number of piperazine rings is 1. The number of aliphatic imine (C=N–C) groups is 1. The number of nitrogens with one attached hydrogen (secondary N) is 2. The summed E-state index contributed by atoms with van der Waals surface area (Å²) < 4.78 is 37.0. The monoisotopic (exact) mass is 581 g/mol. The lowest BCUT2D eigenvalue weighted by atomic mass is 10.2. The fourth-order valence-corrected chi connectivity index (χ4v) is 3.66. The molecule has 0 aromatic heterocycles. The van der Waals surface area contributed by atoms with Crippen molar-refractivity contribution in [3.63, 3.8) is 0 Å². The van der Waals surface area contributed by atoms with E-state index in [0.717, 1.165) is 30.8 Å². The molecular weight excluding hydrogens is 547 g/mol. The second kappa shape index (κ2) is 16.1. The highest BCUT2D eigenvalue weighted by Crippen LogP contribution is 2.16. The first kappa shape index (κ1) is 32.9. The van der Waals surface area contributed by atoms with Gasteiger partial charge < -0.3 is 30.5 Å². The molecule has 2 aromatic rings. The summed E-state index contributed by atoms with van der Waals surface area (Å²) in [6.07, 6.45) is -4.17. The second-order valence-corrected chi connectivity index (χ2v) is 8.92. The Morgan fingerprint density at radius 1 is 1.02 bits per heavy atom. The molecule has 0 bridgehead atoms. The number of hydrogen-bond donors (Lipinski definition) is 4. The number of carbonyl (C=O) groups is 3. The van der Waals surface area contributed by atoms with E-state index in [1.807, 2.05) is 37.3 Å². The molecule has 3 rings (SSSR count). The van der Waals surface area contributed by atoms with E-state index in [1.165, 1.54) is 0 Å². The quantitative estimate of drug-likeness (QED) is 0.259. The van der Waals surface area contributed by atoms with Crippen molar-refractivity contribution >= 4 is 29.5 Å². The smallest absolute Gasteiger partial charge is 0.490 e. The van der Waals surface area contributed by atoms with Crippen molar-refractivity contribution in [3.8, 4) is 5.75 Å². The predicted molar refractivity (Wildman–Crippen MR) is 146 cm³/mol. The first-order valence-electron chi connectivity index (χ1n) is 12.7. The van der Waals surface area contributed by atoms with Crippen LogP contribution in [0, 0.1) is 0 Å². The molecule has 14 heteroatoms. The van der Waals surface area contributed by atoms with E-state index in [4.69, 9.17) is 19.6 Å². The van der Waals surface area contributed by atoms with Gasteiger partial charge in [0.1, 0.15) is 5.75 Å². The number of methoxy groups -OCH3 is 1. The lowest BCUT2D eigenvalue weighted by Gasteiger charge is -2.36. The number of carboxylic acids is 2. The molecule has 0 atom stereocenters. The topological polar surface area (TPSA) is 144 Å². The maximum atomic E-state index is 12.1. The minimum Gasteiger partial charge on any atom is -0.497 e. The minimum atomic E-state index is -5.08. The molecule has 0 aliphatic carbocycles. The van der Waals surface area contributed by atoms with Gasteiger partial charge in [-0.25, -0.2) is 14.6 Å². The highest BCUT2D eigenvalue weighted by atomic mass is 19.4.